The van der Waals surface area contributed by atoms with Crippen LogP contribution < -0.4 is 10.6 Å². The van der Waals surface area contributed by atoms with Gasteiger partial charge in [-0.25, -0.2) is 0 Å². The summed E-state index contributed by atoms with van der Waals surface area (Å²) >= 11 is 4.16. The number of hydrogen-bond donors (Lipinski definition) is 2. The topological polar surface area (TPSA) is 84.0 Å². The summed E-state index contributed by atoms with van der Waals surface area (Å²) in [4.78, 5) is 24.1. The Labute approximate surface area is 207 Å². The number of nitrogens with one attached hydrogen (secondary N) is 2. The number of rotatable bonds is 14. The third-order valence-electron chi connectivity index (χ3n) is 4.66. The molecule has 2 N–H and O–H groups in total. The molecule has 0 spiro atoms. The van der Waals surface area contributed by atoms with Crippen molar-refractivity contribution in [1.29, 1.82) is 0 Å². The van der Waals surface area contributed by atoms with Crippen LogP contribution in [0.3, 0.4) is 0 Å². The van der Waals surface area contributed by atoms with E-state index in [1.807, 2.05) is 36.4 Å². The highest BCUT2D eigenvalue weighted by Crippen LogP contribution is 2.28. The van der Waals surface area contributed by atoms with Crippen LogP contribution in [0.25, 0.3) is 0 Å². The second kappa shape index (κ2) is 14.7. The Morgan fingerprint density at radius 1 is 0.697 bits per heavy atom. The van der Waals surface area contributed by atoms with Crippen LogP contribution in [-0.2, 0) is 22.4 Å². The zero-order valence-electron chi connectivity index (χ0n) is 18.4. The number of carbonyl (C=O) groups is 2. The summed E-state index contributed by atoms with van der Waals surface area (Å²) in [7, 11) is 0. The number of thioether (sulfide) groups is 2. The maximum absolute atomic E-state index is 12.0. The van der Waals surface area contributed by atoms with Gasteiger partial charge in [-0.2, -0.15) is 0 Å². The van der Waals surface area contributed by atoms with Crippen LogP contribution in [0.2, 0.25) is 0 Å². The van der Waals surface area contributed by atoms with Gasteiger partial charge in [0.25, 0.3) is 0 Å². The third-order valence-corrected chi connectivity index (χ3v) is 7.85. The van der Waals surface area contributed by atoms with Gasteiger partial charge in [0.1, 0.15) is 0 Å². The minimum Gasteiger partial charge on any atom is -0.355 e. The van der Waals surface area contributed by atoms with Gasteiger partial charge < -0.3 is 10.6 Å². The fraction of sp³-hybridized carbons (Fsp3) is 0.333. The van der Waals surface area contributed by atoms with E-state index in [0.717, 1.165) is 34.4 Å². The molecule has 1 heterocycles. The highest BCUT2D eigenvalue weighted by Gasteiger charge is 2.10. The van der Waals surface area contributed by atoms with Gasteiger partial charge in [-0.1, -0.05) is 95.5 Å². The van der Waals surface area contributed by atoms with E-state index in [4.69, 9.17) is 0 Å². The molecule has 0 atom stereocenters. The zero-order chi connectivity index (χ0) is 23.1. The van der Waals surface area contributed by atoms with Crippen molar-refractivity contribution in [2.24, 2.45) is 0 Å². The maximum Gasteiger partial charge on any atom is 0.230 e. The number of hydrogen-bond acceptors (Lipinski definition) is 7. The quantitative estimate of drug-likeness (QED) is 0.255. The van der Waals surface area contributed by atoms with E-state index in [1.54, 1.807) is 0 Å². The molecule has 0 aliphatic carbocycles. The molecule has 0 fully saturated rings. The Morgan fingerprint density at radius 2 is 1.12 bits per heavy atom. The van der Waals surface area contributed by atoms with Crippen LogP contribution in [0.1, 0.15) is 24.0 Å². The molecule has 0 saturated carbocycles. The highest BCUT2D eigenvalue weighted by molar-refractivity contribution is 8.03. The van der Waals surface area contributed by atoms with Crippen molar-refractivity contribution in [2.45, 2.75) is 34.4 Å². The summed E-state index contributed by atoms with van der Waals surface area (Å²) in [6.07, 6.45) is 3.72. The Morgan fingerprint density at radius 3 is 1.55 bits per heavy atom. The van der Waals surface area contributed by atoms with Gasteiger partial charge >= 0.3 is 0 Å². The SMILES string of the molecule is O=C(CSc1nnc(SCC(=O)NCCCc2ccccc2)s1)NCCCc1ccccc1. The highest BCUT2D eigenvalue weighted by atomic mass is 32.2. The van der Waals surface area contributed by atoms with Gasteiger partial charge in [-0.3, -0.25) is 9.59 Å². The molecule has 3 rings (SSSR count). The summed E-state index contributed by atoms with van der Waals surface area (Å²) in [5, 5.41) is 14.1. The van der Waals surface area contributed by atoms with Crippen molar-refractivity contribution < 1.29 is 9.59 Å². The first kappa shape index (κ1) is 25.3. The molecule has 6 nitrogen and oxygen atoms in total. The Balaban J connectivity index is 1.23. The molecule has 0 saturated heterocycles. The lowest BCUT2D eigenvalue weighted by Crippen LogP contribution is -2.26. The van der Waals surface area contributed by atoms with Gasteiger partial charge in [0.2, 0.25) is 11.8 Å². The molecule has 0 radical (unpaired) electrons. The van der Waals surface area contributed by atoms with Gasteiger partial charge in [0, 0.05) is 13.1 Å². The molecule has 0 bridgehead atoms. The largest absolute Gasteiger partial charge is 0.355 e. The molecular formula is C24H28N4O2S3. The molecule has 3 aromatic rings. The fourth-order valence-electron chi connectivity index (χ4n) is 3.00. The van der Waals surface area contributed by atoms with Crippen LogP contribution in [0, 0.1) is 0 Å². The smallest absolute Gasteiger partial charge is 0.230 e. The molecule has 9 heteroatoms. The van der Waals surface area contributed by atoms with E-state index in [1.165, 1.54) is 46.0 Å². The Kier molecular flexibility index (Phi) is 11.3. The summed E-state index contributed by atoms with van der Waals surface area (Å²) in [5.41, 5.74) is 2.56. The third kappa shape index (κ3) is 10.4. The predicted octanol–water partition coefficient (Wildman–Crippen LogP) is 4.22. The number of carbonyl (C=O) groups excluding carboxylic acids is 2. The van der Waals surface area contributed by atoms with Crippen LogP contribution in [-0.4, -0.2) is 46.6 Å². The number of benzene rings is 2. The van der Waals surface area contributed by atoms with E-state index in [-0.39, 0.29) is 11.8 Å². The average Bonchev–Trinajstić information content (AvgIpc) is 3.31. The van der Waals surface area contributed by atoms with Crippen molar-refractivity contribution in [3.8, 4) is 0 Å². The van der Waals surface area contributed by atoms with Crippen LogP contribution in [0.15, 0.2) is 69.3 Å². The Hall–Kier alpha value is -2.36. The molecule has 174 valence electrons. The second-order valence-electron chi connectivity index (χ2n) is 7.29. The number of aromatic nitrogens is 2. The van der Waals surface area contributed by atoms with Crippen molar-refractivity contribution in [2.75, 3.05) is 24.6 Å². The van der Waals surface area contributed by atoms with Crippen LogP contribution in [0.5, 0.6) is 0 Å². The standard InChI is InChI=1S/C24H28N4O2S3/c29-21(25-15-7-13-19-9-3-1-4-10-19)17-31-23-27-28-24(33-23)32-18-22(30)26-16-8-14-20-11-5-2-6-12-20/h1-6,9-12H,7-8,13-18H2,(H,25,29)(H,26,30). The monoisotopic (exact) mass is 500 g/mol. The van der Waals surface area contributed by atoms with Crippen molar-refractivity contribution in [3.05, 3.63) is 71.8 Å². The zero-order valence-corrected chi connectivity index (χ0v) is 20.8. The van der Waals surface area contributed by atoms with E-state index >= 15 is 0 Å². The van der Waals surface area contributed by atoms with Crippen molar-refractivity contribution in [3.63, 3.8) is 0 Å². The second-order valence-corrected chi connectivity index (χ2v) is 10.7. The van der Waals surface area contributed by atoms with Crippen LogP contribution >= 0.6 is 34.9 Å². The molecule has 0 aliphatic heterocycles. The predicted molar refractivity (Wildman–Crippen MR) is 137 cm³/mol. The van der Waals surface area contributed by atoms with E-state index in [9.17, 15) is 9.59 Å². The summed E-state index contributed by atoms with van der Waals surface area (Å²) in [6.45, 7) is 1.32. The average molecular weight is 501 g/mol. The fourth-order valence-corrected chi connectivity index (χ4v) is 5.68. The first-order chi connectivity index (χ1) is 16.2. The number of nitrogens with zero attached hydrogens (tertiary/aromatic N) is 2. The summed E-state index contributed by atoms with van der Waals surface area (Å²) < 4.78 is 1.47. The minimum absolute atomic E-state index is 0.00709. The van der Waals surface area contributed by atoms with E-state index in [0.29, 0.717) is 24.6 Å². The Bertz CT molecular complexity index is 906. The summed E-state index contributed by atoms with van der Waals surface area (Å²) in [6, 6.07) is 20.5. The molecule has 1 aromatic heterocycles. The number of amides is 2. The van der Waals surface area contributed by atoms with Gasteiger partial charge in [0.15, 0.2) is 8.68 Å². The first-order valence-electron chi connectivity index (χ1n) is 10.9. The lowest BCUT2D eigenvalue weighted by atomic mass is 10.1. The molecular weight excluding hydrogens is 472 g/mol. The van der Waals surface area contributed by atoms with Crippen molar-refractivity contribution in [1.82, 2.24) is 20.8 Å². The van der Waals surface area contributed by atoms with E-state index < -0.39 is 0 Å². The first-order valence-corrected chi connectivity index (χ1v) is 13.7. The van der Waals surface area contributed by atoms with Crippen molar-refractivity contribution >= 4 is 46.7 Å². The molecule has 2 amide bonds. The molecule has 0 aliphatic rings. The van der Waals surface area contributed by atoms with E-state index in [2.05, 4.69) is 45.1 Å². The normalized spacial score (nSPS) is 10.7. The maximum atomic E-state index is 12.0. The number of aryl methyl sites for hydroxylation is 2. The van der Waals surface area contributed by atoms with Gasteiger partial charge in [0.05, 0.1) is 11.5 Å². The molecule has 2 aromatic carbocycles. The van der Waals surface area contributed by atoms with Gasteiger partial charge in [-0.05, 0) is 36.8 Å². The van der Waals surface area contributed by atoms with Gasteiger partial charge in [-0.15, -0.1) is 10.2 Å². The molecule has 0 unspecified atom stereocenters. The molecule has 33 heavy (non-hydrogen) atoms. The minimum atomic E-state index is -0.00709. The lowest BCUT2D eigenvalue weighted by molar-refractivity contribution is -0.119. The lowest BCUT2D eigenvalue weighted by Gasteiger charge is -2.04. The van der Waals surface area contributed by atoms with Crippen LogP contribution in [0.4, 0.5) is 0 Å². The summed E-state index contributed by atoms with van der Waals surface area (Å²) in [5.74, 6) is 0.610.